The van der Waals surface area contributed by atoms with E-state index in [9.17, 15) is 9.59 Å². The SMILES string of the molecule is Cc1cnc(C2CCN(C(=O)c3ccc(C)[nH]c3=O)C2)[nH]1. The fourth-order valence-corrected chi connectivity index (χ4v) is 2.72. The van der Waals surface area contributed by atoms with Crippen LogP contribution in [0.1, 0.15) is 39.9 Å². The standard InChI is InChI=1S/C15H18N4O2/c1-9-3-4-12(14(20)18-9)15(21)19-6-5-11(8-19)13-16-7-10(2)17-13/h3-4,7,11H,5-6,8H2,1-2H3,(H,16,17)(H,18,20). The molecular weight excluding hydrogens is 268 g/mol. The summed E-state index contributed by atoms with van der Waals surface area (Å²) in [6.07, 6.45) is 2.66. The lowest BCUT2D eigenvalue weighted by Gasteiger charge is -2.15. The van der Waals surface area contributed by atoms with Crippen molar-refractivity contribution in [3.05, 3.63) is 51.5 Å². The van der Waals surface area contributed by atoms with Crippen LogP contribution < -0.4 is 5.56 Å². The van der Waals surface area contributed by atoms with E-state index >= 15 is 0 Å². The summed E-state index contributed by atoms with van der Waals surface area (Å²) in [5, 5.41) is 0. The van der Waals surface area contributed by atoms with Crippen LogP contribution in [0.5, 0.6) is 0 Å². The summed E-state index contributed by atoms with van der Waals surface area (Å²) in [4.78, 5) is 36.3. The van der Waals surface area contributed by atoms with Crippen molar-refractivity contribution in [3.63, 3.8) is 0 Å². The van der Waals surface area contributed by atoms with Crippen LogP contribution in [-0.4, -0.2) is 38.8 Å². The van der Waals surface area contributed by atoms with Crippen LogP contribution in [0, 0.1) is 13.8 Å². The van der Waals surface area contributed by atoms with E-state index in [0.29, 0.717) is 13.1 Å². The maximum Gasteiger partial charge on any atom is 0.260 e. The van der Waals surface area contributed by atoms with Crippen molar-refractivity contribution in [2.24, 2.45) is 0 Å². The average Bonchev–Trinajstić information content (AvgIpc) is 3.06. The number of pyridine rings is 1. The first-order valence-electron chi connectivity index (χ1n) is 7.05. The summed E-state index contributed by atoms with van der Waals surface area (Å²) in [7, 11) is 0. The number of imidazole rings is 1. The third kappa shape index (κ3) is 2.61. The number of aryl methyl sites for hydroxylation is 2. The molecule has 0 aromatic carbocycles. The van der Waals surface area contributed by atoms with Crippen LogP contribution in [-0.2, 0) is 0 Å². The molecule has 1 unspecified atom stereocenters. The molecule has 3 heterocycles. The summed E-state index contributed by atoms with van der Waals surface area (Å²) in [5.41, 5.74) is 1.65. The number of amides is 1. The topological polar surface area (TPSA) is 81.8 Å². The highest BCUT2D eigenvalue weighted by molar-refractivity contribution is 5.94. The first-order chi connectivity index (χ1) is 10.0. The molecule has 1 amide bonds. The van der Waals surface area contributed by atoms with Crippen molar-refractivity contribution in [1.29, 1.82) is 0 Å². The molecule has 2 N–H and O–H groups in total. The van der Waals surface area contributed by atoms with Crippen molar-refractivity contribution in [2.45, 2.75) is 26.2 Å². The van der Waals surface area contributed by atoms with Gasteiger partial charge in [0.25, 0.3) is 11.5 Å². The molecule has 6 heteroatoms. The lowest BCUT2D eigenvalue weighted by atomic mass is 10.1. The van der Waals surface area contributed by atoms with Gasteiger partial charge in [-0.1, -0.05) is 0 Å². The van der Waals surface area contributed by atoms with Crippen molar-refractivity contribution in [2.75, 3.05) is 13.1 Å². The molecular formula is C15H18N4O2. The largest absolute Gasteiger partial charge is 0.346 e. The number of nitrogens with zero attached hydrogens (tertiary/aromatic N) is 2. The van der Waals surface area contributed by atoms with Gasteiger partial charge in [-0.3, -0.25) is 9.59 Å². The van der Waals surface area contributed by atoms with Gasteiger partial charge in [-0.2, -0.15) is 0 Å². The summed E-state index contributed by atoms with van der Waals surface area (Å²) < 4.78 is 0. The Kier molecular flexibility index (Phi) is 3.37. The fourth-order valence-electron chi connectivity index (χ4n) is 2.72. The maximum absolute atomic E-state index is 12.4. The Morgan fingerprint density at radius 1 is 1.29 bits per heavy atom. The van der Waals surface area contributed by atoms with Crippen LogP contribution in [0.4, 0.5) is 0 Å². The molecule has 0 saturated carbocycles. The van der Waals surface area contributed by atoms with E-state index in [2.05, 4.69) is 15.0 Å². The number of aromatic nitrogens is 3. The van der Waals surface area contributed by atoms with Crippen LogP contribution >= 0.6 is 0 Å². The van der Waals surface area contributed by atoms with Gasteiger partial charge in [-0.05, 0) is 32.4 Å². The van der Waals surface area contributed by atoms with Gasteiger partial charge in [0.15, 0.2) is 0 Å². The maximum atomic E-state index is 12.4. The number of nitrogens with one attached hydrogen (secondary N) is 2. The minimum absolute atomic E-state index is 0.205. The molecule has 1 atom stereocenters. The van der Waals surface area contributed by atoms with Crippen molar-refractivity contribution in [1.82, 2.24) is 19.9 Å². The van der Waals surface area contributed by atoms with E-state index in [4.69, 9.17) is 0 Å². The summed E-state index contributed by atoms with van der Waals surface area (Å²) in [5.74, 6) is 0.926. The Morgan fingerprint density at radius 2 is 2.10 bits per heavy atom. The highest BCUT2D eigenvalue weighted by Crippen LogP contribution is 2.25. The second-order valence-corrected chi connectivity index (χ2v) is 5.57. The number of H-pyrrole nitrogens is 2. The predicted octanol–water partition coefficient (Wildman–Crippen LogP) is 1.34. The zero-order valence-corrected chi connectivity index (χ0v) is 12.1. The molecule has 0 spiro atoms. The number of rotatable bonds is 2. The van der Waals surface area contributed by atoms with Gasteiger partial charge in [0.05, 0.1) is 0 Å². The van der Waals surface area contributed by atoms with Gasteiger partial charge < -0.3 is 14.9 Å². The average molecular weight is 286 g/mol. The molecule has 21 heavy (non-hydrogen) atoms. The van der Waals surface area contributed by atoms with Crippen molar-refractivity contribution >= 4 is 5.91 Å². The van der Waals surface area contributed by atoms with E-state index in [0.717, 1.165) is 23.6 Å². The third-order valence-corrected chi connectivity index (χ3v) is 3.87. The van der Waals surface area contributed by atoms with Gasteiger partial charge in [-0.15, -0.1) is 0 Å². The second-order valence-electron chi connectivity index (χ2n) is 5.57. The van der Waals surface area contributed by atoms with Crippen molar-refractivity contribution < 1.29 is 4.79 Å². The molecule has 1 saturated heterocycles. The normalized spacial score (nSPS) is 18.2. The smallest absolute Gasteiger partial charge is 0.260 e. The van der Waals surface area contributed by atoms with E-state index in [1.54, 1.807) is 30.2 Å². The van der Waals surface area contributed by atoms with Gasteiger partial charge in [0.1, 0.15) is 11.4 Å². The fraction of sp³-hybridized carbons (Fsp3) is 0.400. The summed E-state index contributed by atoms with van der Waals surface area (Å²) in [6.45, 7) is 5.00. The molecule has 110 valence electrons. The van der Waals surface area contributed by atoms with Gasteiger partial charge in [0, 0.05) is 36.6 Å². The molecule has 0 bridgehead atoms. The molecule has 6 nitrogen and oxygen atoms in total. The van der Waals surface area contributed by atoms with E-state index in [1.807, 2.05) is 6.92 Å². The minimum atomic E-state index is -0.322. The van der Waals surface area contributed by atoms with Crippen LogP contribution in [0.25, 0.3) is 0 Å². The Hall–Kier alpha value is -2.37. The van der Waals surface area contributed by atoms with Crippen LogP contribution in [0.3, 0.4) is 0 Å². The molecule has 0 radical (unpaired) electrons. The van der Waals surface area contributed by atoms with Crippen LogP contribution in [0.2, 0.25) is 0 Å². The van der Waals surface area contributed by atoms with Crippen LogP contribution in [0.15, 0.2) is 23.1 Å². The molecule has 0 aliphatic carbocycles. The quantitative estimate of drug-likeness (QED) is 0.874. The third-order valence-electron chi connectivity index (χ3n) is 3.87. The number of likely N-dealkylation sites (tertiary alicyclic amines) is 1. The highest BCUT2D eigenvalue weighted by Gasteiger charge is 2.30. The zero-order valence-electron chi connectivity index (χ0n) is 12.1. The molecule has 2 aromatic heterocycles. The Labute approximate surface area is 122 Å². The zero-order chi connectivity index (χ0) is 15.0. The molecule has 1 aliphatic heterocycles. The molecule has 3 rings (SSSR count). The van der Waals surface area contributed by atoms with Gasteiger partial charge in [-0.25, -0.2) is 4.98 Å². The highest BCUT2D eigenvalue weighted by atomic mass is 16.2. The number of carbonyl (C=O) groups excluding carboxylic acids is 1. The van der Waals surface area contributed by atoms with Gasteiger partial charge >= 0.3 is 0 Å². The van der Waals surface area contributed by atoms with E-state index in [1.165, 1.54) is 0 Å². The number of hydrogen-bond donors (Lipinski definition) is 2. The Balaban J connectivity index is 1.76. The number of carbonyl (C=O) groups is 1. The first-order valence-corrected chi connectivity index (χ1v) is 7.05. The minimum Gasteiger partial charge on any atom is -0.346 e. The Morgan fingerprint density at radius 3 is 2.76 bits per heavy atom. The second kappa shape index (κ2) is 5.20. The number of aromatic amines is 2. The van der Waals surface area contributed by atoms with E-state index in [-0.39, 0.29) is 22.9 Å². The first kappa shape index (κ1) is 13.6. The predicted molar refractivity (Wildman–Crippen MR) is 78.4 cm³/mol. The van der Waals surface area contributed by atoms with E-state index < -0.39 is 0 Å². The summed E-state index contributed by atoms with van der Waals surface area (Å²) >= 11 is 0. The summed E-state index contributed by atoms with van der Waals surface area (Å²) in [6, 6.07) is 3.35. The lowest BCUT2D eigenvalue weighted by molar-refractivity contribution is 0.0789. The van der Waals surface area contributed by atoms with Crippen molar-refractivity contribution in [3.8, 4) is 0 Å². The molecule has 2 aromatic rings. The lowest BCUT2D eigenvalue weighted by Crippen LogP contribution is -2.33. The molecule has 1 aliphatic rings. The number of hydrogen-bond acceptors (Lipinski definition) is 3. The van der Waals surface area contributed by atoms with Gasteiger partial charge in [0.2, 0.25) is 0 Å². The monoisotopic (exact) mass is 286 g/mol. The Bertz CT molecular complexity index is 731. The molecule has 1 fully saturated rings.